The first-order valence-corrected chi connectivity index (χ1v) is 6.75. The van der Waals surface area contributed by atoms with Crippen molar-refractivity contribution < 1.29 is 9.53 Å². The number of hydrogen-bond acceptors (Lipinski definition) is 3. The fourth-order valence-electron chi connectivity index (χ4n) is 1.80. The largest absolute Gasteiger partial charge is 0.484 e. The Labute approximate surface area is 115 Å². The standard InChI is InChI=1S/C15H24N2O2/c1-5-8-17-12(3)13-6-7-14(11(2)9-13)19-10-15(18)16-4/h6-7,9,12,17H,5,8,10H2,1-4H3,(H,16,18). The molecule has 1 amide bonds. The van der Waals surface area contributed by atoms with Crippen LogP contribution in [0.15, 0.2) is 18.2 Å². The number of carbonyl (C=O) groups excluding carboxylic acids is 1. The van der Waals surface area contributed by atoms with E-state index in [-0.39, 0.29) is 12.5 Å². The number of hydrogen-bond donors (Lipinski definition) is 2. The van der Waals surface area contributed by atoms with Crippen LogP contribution in [0.5, 0.6) is 5.75 Å². The molecule has 1 aromatic rings. The van der Waals surface area contributed by atoms with Crippen LogP contribution in [0.25, 0.3) is 0 Å². The van der Waals surface area contributed by atoms with Gasteiger partial charge in [0, 0.05) is 13.1 Å². The van der Waals surface area contributed by atoms with E-state index in [9.17, 15) is 4.79 Å². The van der Waals surface area contributed by atoms with Crippen LogP contribution in [0.2, 0.25) is 0 Å². The first kappa shape index (κ1) is 15.5. The highest BCUT2D eigenvalue weighted by Gasteiger charge is 2.08. The summed E-state index contributed by atoms with van der Waals surface area (Å²) in [4.78, 5) is 11.1. The number of carbonyl (C=O) groups is 1. The molecule has 0 saturated carbocycles. The highest BCUT2D eigenvalue weighted by molar-refractivity contribution is 5.77. The van der Waals surface area contributed by atoms with Crippen LogP contribution in [-0.2, 0) is 4.79 Å². The van der Waals surface area contributed by atoms with Gasteiger partial charge in [-0.25, -0.2) is 0 Å². The van der Waals surface area contributed by atoms with Gasteiger partial charge < -0.3 is 15.4 Å². The molecule has 4 heteroatoms. The molecule has 19 heavy (non-hydrogen) atoms. The predicted molar refractivity (Wildman–Crippen MR) is 77.4 cm³/mol. The van der Waals surface area contributed by atoms with Gasteiger partial charge in [-0.2, -0.15) is 0 Å². The fourth-order valence-corrected chi connectivity index (χ4v) is 1.80. The van der Waals surface area contributed by atoms with Gasteiger partial charge in [0.2, 0.25) is 0 Å². The van der Waals surface area contributed by atoms with E-state index in [1.807, 2.05) is 19.1 Å². The molecule has 1 aromatic carbocycles. The summed E-state index contributed by atoms with van der Waals surface area (Å²) in [5, 5.41) is 5.98. The van der Waals surface area contributed by atoms with E-state index in [0.717, 1.165) is 24.3 Å². The predicted octanol–water partition coefficient (Wildman–Crippen LogP) is 2.18. The van der Waals surface area contributed by atoms with Crippen LogP contribution in [0, 0.1) is 6.92 Å². The number of ether oxygens (including phenoxy) is 1. The van der Waals surface area contributed by atoms with Crippen LogP contribution >= 0.6 is 0 Å². The quantitative estimate of drug-likeness (QED) is 0.793. The van der Waals surface area contributed by atoms with E-state index in [4.69, 9.17) is 4.74 Å². The lowest BCUT2D eigenvalue weighted by Crippen LogP contribution is -2.25. The smallest absolute Gasteiger partial charge is 0.257 e. The second-order valence-corrected chi connectivity index (χ2v) is 4.66. The maximum absolute atomic E-state index is 11.1. The number of amides is 1. The maximum Gasteiger partial charge on any atom is 0.257 e. The Bertz CT molecular complexity index is 419. The zero-order chi connectivity index (χ0) is 14.3. The summed E-state index contributed by atoms with van der Waals surface area (Å²) in [6.07, 6.45) is 1.12. The molecule has 2 N–H and O–H groups in total. The van der Waals surface area contributed by atoms with Crippen molar-refractivity contribution in [2.45, 2.75) is 33.2 Å². The molecule has 4 nitrogen and oxygen atoms in total. The van der Waals surface area contributed by atoms with Crippen LogP contribution in [0.3, 0.4) is 0 Å². The molecule has 0 bridgehead atoms. The molecule has 0 heterocycles. The van der Waals surface area contributed by atoms with Crippen molar-refractivity contribution in [3.8, 4) is 5.75 Å². The van der Waals surface area contributed by atoms with Crippen LogP contribution < -0.4 is 15.4 Å². The van der Waals surface area contributed by atoms with E-state index in [1.165, 1.54) is 5.56 Å². The number of rotatable bonds is 7. The minimum Gasteiger partial charge on any atom is -0.484 e. The van der Waals surface area contributed by atoms with Gasteiger partial charge in [0.25, 0.3) is 5.91 Å². The van der Waals surface area contributed by atoms with Crippen molar-refractivity contribution in [3.05, 3.63) is 29.3 Å². The molecule has 0 saturated heterocycles. The molecule has 0 spiro atoms. The lowest BCUT2D eigenvalue weighted by Gasteiger charge is -2.16. The van der Waals surface area contributed by atoms with Crippen molar-refractivity contribution in [2.24, 2.45) is 0 Å². The Morgan fingerprint density at radius 2 is 2.16 bits per heavy atom. The van der Waals surface area contributed by atoms with Crippen molar-refractivity contribution in [3.63, 3.8) is 0 Å². The van der Waals surface area contributed by atoms with Gasteiger partial charge in [0.05, 0.1) is 0 Å². The van der Waals surface area contributed by atoms with Crippen molar-refractivity contribution in [2.75, 3.05) is 20.2 Å². The molecule has 0 radical (unpaired) electrons. The zero-order valence-corrected chi connectivity index (χ0v) is 12.2. The van der Waals surface area contributed by atoms with E-state index >= 15 is 0 Å². The highest BCUT2D eigenvalue weighted by atomic mass is 16.5. The Balaban J connectivity index is 2.66. The van der Waals surface area contributed by atoms with E-state index in [1.54, 1.807) is 7.05 Å². The molecule has 0 aliphatic heterocycles. The van der Waals surface area contributed by atoms with Gasteiger partial charge in [-0.3, -0.25) is 4.79 Å². The molecule has 0 fully saturated rings. The summed E-state index contributed by atoms with van der Waals surface area (Å²) in [6, 6.07) is 6.40. The first-order valence-electron chi connectivity index (χ1n) is 6.75. The molecule has 0 aromatic heterocycles. The second kappa shape index (κ2) is 7.79. The Morgan fingerprint density at radius 3 is 2.74 bits per heavy atom. The van der Waals surface area contributed by atoms with Gasteiger partial charge in [0.1, 0.15) is 5.75 Å². The SMILES string of the molecule is CCCNC(C)c1ccc(OCC(=O)NC)c(C)c1. The third-order valence-electron chi connectivity index (χ3n) is 3.04. The summed E-state index contributed by atoms with van der Waals surface area (Å²) >= 11 is 0. The Hall–Kier alpha value is -1.55. The summed E-state index contributed by atoms with van der Waals surface area (Å²) in [7, 11) is 1.60. The van der Waals surface area contributed by atoms with E-state index in [0.29, 0.717) is 6.04 Å². The number of likely N-dealkylation sites (N-methyl/N-ethyl adjacent to an activating group) is 1. The van der Waals surface area contributed by atoms with Gasteiger partial charge >= 0.3 is 0 Å². The highest BCUT2D eigenvalue weighted by Crippen LogP contribution is 2.22. The lowest BCUT2D eigenvalue weighted by atomic mass is 10.0. The minimum absolute atomic E-state index is 0.0559. The van der Waals surface area contributed by atoms with Gasteiger partial charge in [0.15, 0.2) is 6.61 Å². The monoisotopic (exact) mass is 264 g/mol. The summed E-state index contributed by atoms with van der Waals surface area (Å²) in [6.45, 7) is 7.36. The zero-order valence-electron chi connectivity index (χ0n) is 12.2. The number of benzene rings is 1. The van der Waals surface area contributed by atoms with E-state index in [2.05, 4.69) is 30.5 Å². The number of nitrogens with one attached hydrogen (secondary N) is 2. The van der Waals surface area contributed by atoms with Gasteiger partial charge in [-0.05, 0) is 44.0 Å². The maximum atomic E-state index is 11.1. The molecular formula is C15H24N2O2. The normalized spacial score (nSPS) is 12.0. The summed E-state index contributed by atoms with van der Waals surface area (Å²) in [5.74, 6) is 0.636. The van der Waals surface area contributed by atoms with Gasteiger partial charge in [-0.15, -0.1) is 0 Å². The van der Waals surface area contributed by atoms with Crippen molar-refractivity contribution in [1.82, 2.24) is 10.6 Å². The molecule has 0 aliphatic rings. The Kier molecular flexibility index (Phi) is 6.36. The van der Waals surface area contributed by atoms with Crippen LogP contribution in [-0.4, -0.2) is 26.1 Å². The fraction of sp³-hybridized carbons (Fsp3) is 0.533. The summed E-state index contributed by atoms with van der Waals surface area (Å²) < 4.78 is 5.47. The lowest BCUT2D eigenvalue weighted by molar-refractivity contribution is -0.122. The molecule has 106 valence electrons. The topological polar surface area (TPSA) is 50.4 Å². The van der Waals surface area contributed by atoms with E-state index < -0.39 is 0 Å². The average Bonchev–Trinajstić information content (AvgIpc) is 2.42. The molecule has 1 atom stereocenters. The van der Waals surface area contributed by atoms with Crippen molar-refractivity contribution >= 4 is 5.91 Å². The first-order chi connectivity index (χ1) is 9.08. The third-order valence-corrected chi connectivity index (χ3v) is 3.04. The van der Waals surface area contributed by atoms with Gasteiger partial charge in [-0.1, -0.05) is 19.1 Å². The molecule has 0 aliphatic carbocycles. The third kappa shape index (κ3) is 4.91. The molecule has 1 unspecified atom stereocenters. The van der Waals surface area contributed by atoms with Crippen molar-refractivity contribution in [1.29, 1.82) is 0 Å². The summed E-state index contributed by atoms with van der Waals surface area (Å²) in [5.41, 5.74) is 2.28. The average molecular weight is 264 g/mol. The van der Waals surface area contributed by atoms with Crippen LogP contribution in [0.1, 0.15) is 37.4 Å². The second-order valence-electron chi connectivity index (χ2n) is 4.66. The minimum atomic E-state index is -0.124. The Morgan fingerprint density at radius 1 is 1.42 bits per heavy atom. The van der Waals surface area contributed by atoms with Crippen LogP contribution in [0.4, 0.5) is 0 Å². The molecular weight excluding hydrogens is 240 g/mol. The molecule has 1 rings (SSSR count). The number of aryl methyl sites for hydroxylation is 1.